The average molecular weight is 408 g/mol. The number of halogens is 1. The number of hydrogen-bond acceptors (Lipinski definition) is 5. The fraction of sp³-hybridized carbons (Fsp3) is 0.222. The summed E-state index contributed by atoms with van der Waals surface area (Å²) in [5.41, 5.74) is 13.5. The Hall–Kier alpha value is -1.80. The van der Waals surface area contributed by atoms with Crippen molar-refractivity contribution >= 4 is 52.2 Å². The maximum absolute atomic E-state index is 6.48. The van der Waals surface area contributed by atoms with Crippen molar-refractivity contribution in [3.63, 3.8) is 0 Å². The van der Waals surface area contributed by atoms with E-state index in [-0.39, 0.29) is 0 Å². The number of nitrogens with one attached hydrogen (secondary N) is 2. The molecule has 0 aliphatic rings. The lowest BCUT2D eigenvalue weighted by molar-refractivity contribution is 0.481. The largest absolute Gasteiger partial charge is 0.394 e. The fourth-order valence-electron chi connectivity index (χ4n) is 2.22. The Bertz CT molecular complexity index is 777. The lowest BCUT2D eigenvalue weighted by atomic mass is 9.90. The molecule has 1 atom stereocenters. The van der Waals surface area contributed by atoms with E-state index in [4.69, 9.17) is 35.3 Å². The van der Waals surface area contributed by atoms with Crippen LogP contribution in [-0.2, 0) is 5.54 Å². The van der Waals surface area contributed by atoms with Crippen molar-refractivity contribution in [2.75, 3.05) is 16.4 Å². The first-order valence-corrected chi connectivity index (χ1v) is 9.69. The SMILES string of the molecule is C=C(N)SCCC(C)(N)c1cccc(NC(=S)Nc2ccc(Cl)cn2)c1. The van der Waals surface area contributed by atoms with Gasteiger partial charge in [-0.15, -0.1) is 11.8 Å². The molecule has 1 unspecified atom stereocenters. The van der Waals surface area contributed by atoms with E-state index in [0.29, 0.717) is 21.0 Å². The molecule has 1 aromatic heterocycles. The molecule has 6 N–H and O–H groups in total. The summed E-state index contributed by atoms with van der Waals surface area (Å²) in [7, 11) is 0. The Labute approximate surface area is 168 Å². The van der Waals surface area contributed by atoms with Crippen LogP contribution in [0.15, 0.2) is 54.2 Å². The highest BCUT2D eigenvalue weighted by Gasteiger charge is 2.21. The number of benzene rings is 1. The summed E-state index contributed by atoms with van der Waals surface area (Å²) in [5, 5.41) is 7.77. The van der Waals surface area contributed by atoms with E-state index in [2.05, 4.69) is 22.2 Å². The fourth-order valence-corrected chi connectivity index (χ4v) is 3.34. The van der Waals surface area contributed by atoms with Crippen molar-refractivity contribution in [2.24, 2.45) is 11.5 Å². The lowest BCUT2D eigenvalue weighted by Crippen LogP contribution is -2.33. The normalized spacial score (nSPS) is 12.9. The maximum atomic E-state index is 6.48. The smallest absolute Gasteiger partial charge is 0.176 e. The molecule has 0 saturated carbocycles. The van der Waals surface area contributed by atoms with E-state index in [1.807, 2.05) is 31.2 Å². The van der Waals surface area contributed by atoms with Gasteiger partial charge in [-0.3, -0.25) is 0 Å². The van der Waals surface area contributed by atoms with Gasteiger partial charge < -0.3 is 22.1 Å². The van der Waals surface area contributed by atoms with E-state index in [1.165, 1.54) is 11.8 Å². The van der Waals surface area contributed by atoms with Crippen molar-refractivity contribution in [3.8, 4) is 0 Å². The lowest BCUT2D eigenvalue weighted by Gasteiger charge is -2.26. The van der Waals surface area contributed by atoms with E-state index < -0.39 is 5.54 Å². The number of aromatic nitrogens is 1. The standard InChI is InChI=1S/C18H22ClN5S2/c1-12(20)26-9-8-18(2,21)13-4-3-5-15(10-13)23-17(25)24-16-7-6-14(19)11-22-16/h3-7,10-11H,1,8-9,20-21H2,2H3,(H2,22,23,24,25). The van der Waals surface area contributed by atoms with E-state index in [9.17, 15) is 0 Å². The van der Waals surface area contributed by atoms with Crippen LogP contribution in [0.25, 0.3) is 0 Å². The zero-order valence-corrected chi connectivity index (χ0v) is 16.8. The number of thioether (sulfide) groups is 1. The van der Waals surface area contributed by atoms with Crippen molar-refractivity contribution in [3.05, 3.63) is 64.8 Å². The minimum Gasteiger partial charge on any atom is -0.394 e. The minimum atomic E-state index is -0.479. The molecular weight excluding hydrogens is 386 g/mol. The molecule has 2 rings (SSSR count). The molecule has 0 radical (unpaired) electrons. The zero-order valence-electron chi connectivity index (χ0n) is 14.5. The summed E-state index contributed by atoms with van der Waals surface area (Å²) in [6.07, 6.45) is 2.33. The van der Waals surface area contributed by atoms with Gasteiger partial charge in [-0.25, -0.2) is 4.98 Å². The summed E-state index contributed by atoms with van der Waals surface area (Å²) < 4.78 is 0. The van der Waals surface area contributed by atoms with Gasteiger partial charge in [-0.1, -0.05) is 30.3 Å². The molecule has 1 heterocycles. The maximum Gasteiger partial charge on any atom is 0.176 e. The molecular formula is C18H22ClN5S2. The van der Waals surface area contributed by atoms with Gasteiger partial charge in [0, 0.05) is 23.2 Å². The number of rotatable bonds is 7. The number of nitrogens with zero attached hydrogens (tertiary/aromatic N) is 1. The second-order valence-electron chi connectivity index (χ2n) is 6.00. The van der Waals surface area contributed by atoms with Crippen LogP contribution in [0.4, 0.5) is 11.5 Å². The first kappa shape index (κ1) is 20.5. The van der Waals surface area contributed by atoms with Crippen LogP contribution in [0.5, 0.6) is 0 Å². The Morgan fingerprint density at radius 3 is 2.77 bits per heavy atom. The van der Waals surface area contributed by atoms with Crippen molar-refractivity contribution in [1.29, 1.82) is 0 Å². The van der Waals surface area contributed by atoms with Crippen LogP contribution in [0.3, 0.4) is 0 Å². The molecule has 0 aliphatic carbocycles. The summed E-state index contributed by atoms with van der Waals surface area (Å²) in [5.74, 6) is 1.42. The number of hydrogen-bond donors (Lipinski definition) is 4. The molecule has 0 aliphatic heterocycles. The van der Waals surface area contributed by atoms with Crippen LogP contribution in [0.2, 0.25) is 5.02 Å². The molecule has 138 valence electrons. The number of nitrogens with two attached hydrogens (primary N) is 2. The second kappa shape index (κ2) is 9.23. The molecule has 2 aromatic rings. The van der Waals surface area contributed by atoms with Crippen LogP contribution < -0.4 is 22.1 Å². The number of anilines is 2. The van der Waals surface area contributed by atoms with Gasteiger partial charge in [-0.2, -0.15) is 0 Å². The third kappa shape index (κ3) is 6.49. The van der Waals surface area contributed by atoms with Gasteiger partial charge in [0.15, 0.2) is 5.11 Å². The number of thiocarbonyl (C=S) groups is 1. The first-order chi connectivity index (χ1) is 12.3. The van der Waals surface area contributed by atoms with Gasteiger partial charge >= 0.3 is 0 Å². The average Bonchev–Trinajstić information content (AvgIpc) is 2.56. The summed E-state index contributed by atoms with van der Waals surface area (Å²) in [4.78, 5) is 4.15. The van der Waals surface area contributed by atoms with Gasteiger partial charge in [-0.05, 0) is 55.4 Å². The van der Waals surface area contributed by atoms with E-state index in [0.717, 1.165) is 23.4 Å². The van der Waals surface area contributed by atoms with E-state index >= 15 is 0 Å². The summed E-state index contributed by atoms with van der Waals surface area (Å²) in [6.45, 7) is 5.69. The highest BCUT2D eigenvalue weighted by molar-refractivity contribution is 8.02. The molecule has 8 heteroatoms. The van der Waals surface area contributed by atoms with Gasteiger partial charge in [0.1, 0.15) is 5.82 Å². The monoisotopic (exact) mass is 407 g/mol. The Kier molecular flexibility index (Phi) is 7.28. The molecule has 0 bridgehead atoms. The van der Waals surface area contributed by atoms with Gasteiger partial charge in [0.25, 0.3) is 0 Å². The topological polar surface area (TPSA) is 89.0 Å². The third-order valence-electron chi connectivity index (χ3n) is 3.66. The van der Waals surface area contributed by atoms with Crippen LogP contribution in [0.1, 0.15) is 18.9 Å². The second-order valence-corrected chi connectivity index (χ2v) is 8.07. The molecule has 0 spiro atoms. The quantitative estimate of drug-likeness (QED) is 0.509. The number of pyridine rings is 1. The van der Waals surface area contributed by atoms with Gasteiger partial charge in [0.2, 0.25) is 0 Å². The minimum absolute atomic E-state index is 0.436. The predicted molar refractivity (Wildman–Crippen MR) is 117 cm³/mol. The van der Waals surface area contributed by atoms with Crippen LogP contribution >= 0.6 is 35.6 Å². The van der Waals surface area contributed by atoms with Crippen molar-refractivity contribution in [1.82, 2.24) is 4.98 Å². The molecule has 26 heavy (non-hydrogen) atoms. The molecule has 0 fully saturated rings. The summed E-state index contributed by atoms with van der Waals surface area (Å²) >= 11 is 12.7. The van der Waals surface area contributed by atoms with Crippen LogP contribution in [-0.4, -0.2) is 15.8 Å². The van der Waals surface area contributed by atoms with E-state index in [1.54, 1.807) is 18.3 Å². The third-order valence-corrected chi connectivity index (χ3v) is 4.86. The Balaban J connectivity index is 2.00. The highest BCUT2D eigenvalue weighted by atomic mass is 35.5. The Morgan fingerprint density at radius 2 is 2.12 bits per heavy atom. The van der Waals surface area contributed by atoms with Gasteiger partial charge in [0.05, 0.1) is 10.1 Å². The molecule has 0 amide bonds. The van der Waals surface area contributed by atoms with Crippen molar-refractivity contribution in [2.45, 2.75) is 18.9 Å². The Morgan fingerprint density at radius 1 is 1.35 bits per heavy atom. The van der Waals surface area contributed by atoms with Crippen LogP contribution in [0, 0.1) is 0 Å². The first-order valence-electron chi connectivity index (χ1n) is 7.92. The zero-order chi connectivity index (χ0) is 19.2. The molecule has 1 aromatic carbocycles. The van der Waals surface area contributed by atoms with Crippen molar-refractivity contribution < 1.29 is 0 Å². The predicted octanol–water partition coefficient (Wildman–Crippen LogP) is 4.27. The summed E-state index contributed by atoms with van der Waals surface area (Å²) in [6, 6.07) is 11.4. The highest BCUT2D eigenvalue weighted by Crippen LogP contribution is 2.26. The molecule has 5 nitrogen and oxygen atoms in total. The molecule has 0 saturated heterocycles.